The molecule has 3 rings (SSSR count). The molecule has 2 amide bonds. The Bertz CT molecular complexity index is 1070. The van der Waals surface area contributed by atoms with Gasteiger partial charge < -0.3 is 24.8 Å². The summed E-state index contributed by atoms with van der Waals surface area (Å²) in [4.78, 5) is 31.4. The number of methoxy groups -OCH3 is 2. The van der Waals surface area contributed by atoms with Crippen LogP contribution in [0.1, 0.15) is 12.5 Å². The van der Waals surface area contributed by atoms with E-state index in [2.05, 4.69) is 20.6 Å². The molecule has 0 radical (unpaired) electrons. The second-order valence-corrected chi connectivity index (χ2v) is 6.46. The summed E-state index contributed by atoms with van der Waals surface area (Å²) in [5.41, 5.74) is 1.42. The van der Waals surface area contributed by atoms with Gasteiger partial charge in [-0.25, -0.2) is 9.97 Å². The normalized spacial score (nSPS) is 10.2. The maximum Gasteiger partial charge on any atom is 0.228 e. The largest absolute Gasteiger partial charge is 0.493 e. The number of hydrogen-bond donors (Lipinski definition) is 2. The van der Waals surface area contributed by atoms with Crippen LogP contribution in [0.25, 0.3) is 0 Å². The van der Waals surface area contributed by atoms with Crippen molar-refractivity contribution in [3.05, 3.63) is 60.4 Å². The molecule has 0 saturated carbocycles. The van der Waals surface area contributed by atoms with E-state index in [0.717, 1.165) is 5.56 Å². The number of carbonyl (C=O) groups excluding carboxylic acids is 2. The summed E-state index contributed by atoms with van der Waals surface area (Å²) in [6.07, 6.45) is 1.48. The lowest BCUT2D eigenvalue weighted by Gasteiger charge is -2.10. The van der Waals surface area contributed by atoms with Crippen molar-refractivity contribution in [3.8, 4) is 23.1 Å². The molecule has 0 fully saturated rings. The Balaban J connectivity index is 1.59. The first-order valence-electron chi connectivity index (χ1n) is 9.35. The second kappa shape index (κ2) is 10.1. The quantitative estimate of drug-likeness (QED) is 0.572. The van der Waals surface area contributed by atoms with Crippen molar-refractivity contribution < 1.29 is 23.8 Å². The van der Waals surface area contributed by atoms with Crippen LogP contribution in [0.2, 0.25) is 0 Å². The van der Waals surface area contributed by atoms with E-state index >= 15 is 0 Å². The maximum atomic E-state index is 12.4. The van der Waals surface area contributed by atoms with Crippen LogP contribution in [-0.2, 0) is 16.0 Å². The predicted octanol–water partition coefficient (Wildman–Crippen LogP) is 3.43. The summed E-state index contributed by atoms with van der Waals surface area (Å²) < 4.78 is 16.1. The number of aromatic nitrogens is 2. The zero-order valence-corrected chi connectivity index (χ0v) is 17.3. The molecule has 2 aromatic carbocycles. The number of nitrogens with one attached hydrogen (secondary N) is 2. The van der Waals surface area contributed by atoms with Crippen LogP contribution < -0.4 is 24.8 Å². The fourth-order valence-electron chi connectivity index (χ4n) is 2.75. The molecule has 3 aromatic rings. The van der Waals surface area contributed by atoms with Crippen molar-refractivity contribution in [2.24, 2.45) is 0 Å². The van der Waals surface area contributed by atoms with Crippen molar-refractivity contribution in [2.45, 2.75) is 13.3 Å². The van der Waals surface area contributed by atoms with Gasteiger partial charge in [0, 0.05) is 18.7 Å². The number of benzene rings is 2. The number of nitrogens with zero attached hydrogens (tertiary/aromatic N) is 2. The van der Waals surface area contributed by atoms with Gasteiger partial charge in [-0.3, -0.25) is 9.59 Å². The molecular formula is C22H22N4O5. The van der Waals surface area contributed by atoms with Crippen molar-refractivity contribution in [1.82, 2.24) is 9.97 Å². The summed E-state index contributed by atoms with van der Waals surface area (Å²) in [6.45, 7) is 1.39. The average molecular weight is 422 g/mol. The first kappa shape index (κ1) is 21.6. The van der Waals surface area contributed by atoms with Gasteiger partial charge in [0.25, 0.3) is 0 Å². The molecule has 0 spiro atoms. The van der Waals surface area contributed by atoms with Gasteiger partial charge in [-0.05, 0) is 42.0 Å². The van der Waals surface area contributed by atoms with Crippen LogP contribution in [0.5, 0.6) is 23.1 Å². The molecule has 9 heteroatoms. The van der Waals surface area contributed by atoms with Crippen molar-refractivity contribution in [2.75, 3.05) is 24.9 Å². The van der Waals surface area contributed by atoms with E-state index in [0.29, 0.717) is 28.8 Å². The van der Waals surface area contributed by atoms with E-state index < -0.39 is 0 Å². The van der Waals surface area contributed by atoms with Crippen LogP contribution in [-0.4, -0.2) is 36.0 Å². The molecule has 0 aliphatic heterocycles. The minimum Gasteiger partial charge on any atom is -0.493 e. The van der Waals surface area contributed by atoms with E-state index in [1.54, 1.807) is 50.6 Å². The van der Waals surface area contributed by atoms with Gasteiger partial charge >= 0.3 is 0 Å². The highest BCUT2D eigenvalue weighted by Crippen LogP contribution is 2.28. The molecule has 1 aromatic heterocycles. The molecular weight excluding hydrogens is 400 g/mol. The van der Waals surface area contributed by atoms with Crippen LogP contribution >= 0.6 is 0 Å². The minimum atomic E-state index is -0.238. The number of hydrogen-bond acceptors (Lipinski definition) is 7. The SMILES string of the molecule is COc1ccc(CC(=O)Nc2ccc(Oc3cc(NC(C)=O)ncn3)cc2)cc1OC. The highest BCUT2D eigenvalue weighted by molar-refractivity contribution is 5.92. The number of anilines is 2. The van der Waals surface area contributed by atoms with Crippen LogP contribution in [0, 0.1) is 0 Å². The van der Waals surface area contributed by atoms with E-state index in [1.165, 1.54) is 19.3 Å². The zero-order valence-electron chi connectivity index (χ0n) is 17.3. The second-order valence-electron chi connectivity index (χ2n) is 6.46. The van der Waals surface area contributed by atoms with Crippen molar-refractivity contribution in [3.63, 3.8) is 0 Å². The van der Waals surface area contributed by atoms with E-state index in [-0.39, 0.29) is 24.1 Å². The Morgan fingerprint density at radius 1 is 0.903 bits per heavy atom. The first-order chi connectivity index (χ1) is 15.0. The Morgan fingerprint density at radius 3 is 2.32 bits per heavy atom. The maximum absolute atomic E-state index is 12.4. The van der Waals surface area contributed by atoms with Gasteiger partial charge in [0.05, 0.1) is 20.6 Å². The molecule has 0 atom stereocenters. The molecule has 9 nitrogen and oxygen atoms in total. The van der Waals surface area contributed by atoms with Gasteiger partial charge in [0.15, 0.2) is 11.5 Å². The fraction of sp³-hybridized carbons (Fsp3) is 0.182. The van der Waals surface area contributed by atoms with Crippen LogP contribution in [0.4, 0.5) is 11.5 Å². The highest BCUT2D eigenvalue weighted by Gasteiger charge is 2.09. The molecule has 0 aliphatic rings. The van der Waals surface area contributed by atoms with Gasteiger partial charge in [-0.15, -0.1) is 0 Å². The van der Waals surface area contributed by atoms with Gasteiger partial charge in [0.2, 0.25) is 17.7 Å². The molecule has 0 unspecified atom stereocenters. The molecule has 2 N–H and O–H groups in total. The molecule has 0 bridgehead atoms. The van der Waals surface area contributed by atoms with Gasteiger partial charge in [-0.2, -0.15) is 0 Å². The molecule has 160 valence electrons. The number of amides is 2. The van der Waals surface area contributed by atoms with Crippen molar-refractivity contribution >= 4 is 23.3 Å². The van der Waals surface area contributed by atoms with Crippen molar-refractivity contribution in [1.29, 1.82) is 0 Å². The lowest BCUT2D eigenvalue weighted by molar-refractivity contribution is -0.116. The van der Waals surface area contributed by atoms with E-state index in [4.69, 9.17) is 14.2 Å². The molecule has 1 heterocycles. The lowest BCUT2D eigenvalue weighted by atomic mass is 10.1. The Morgan fingerprint density at radius 2 is 1.65 bits per heavy atom. The number of carbonyl (C=O) groups is 2. The molecule has 0 saturated heterocycles. The minimum absolute atomic E-state index is 0.170. The van der Waals surface area contributed by atoms with Crippen LogP contribution in [0.15, 0.2) is 54.9 Å². The third-order valence-corrected chi connectivity index (χ3v) is 4.12. The highest BCUT2D eigenvalue weighted by atomic mass is 16.5. The Kier molecular flexibility index (Phi) is 7.00. The first-order valence-corrected chi connectivity index (χ1v) is 9.35. The Hall–Kier alpha value is -4.14. The summed E-state index contributed by atoms with van der Waals surface area (Å²) in [7, 11) is 3.11. The average Bonchev–Trinajstić information content (AvgIpc) is 2.75. The fourth-order valence-corrected chi connectivity index (χ4v) is 2.75. The summed E-state index contributed by atoms with van der Waals surface area (Å²) >= 11 is 0. The van der Waals surface area contributed by atoms with E-state index in [1.807, 2.05) is 6.07 Å². The number of ether oxygens (including phenoxy) is 3. The summed E-state index contributed by atoms with van der Waals surface area (Å²) in [5, 5.41) is 5.40. The predicted molar refractivity (Wildman–Crippen MR) is 115 cm³/mol. The third-order valence-electron chi connectivity index (χ3n) is 4.12. The van der Waals surface area contributed by atoms with Gasteiger partial charge in [0.1, 0.15) is 17.9 Å². The standard InChI is InChI=1S/C22H22N4O5/c1-14(27)25-20-12-22(24-13-23-20)31-17-7-5-16(6-8-17)26-21(28)11-15-4-9-18(29-2)19(10-15)30-3/h4-10,12-13H,11H2,1-3H3,(H,26,28)(H,23,24,25,27). The monoisotopic (exact) mass is 422 g/mol. The molecule has 0 aliphatic carbocycles. The molecule has 31 heavy (non-hydrogen) atoms. The van der Waals surface area contributed by atoms with E-state index in [9.17, 15) is 9.59 Å². The zero-order chi connectivity index (χ0) is 22.2. The van der Waals surface area contributed by atoms with Gasteiger partial charge in [-0.1, -0.05) is 6.07 Å². The Labute approximate surface area is 179 Å². The lowest BCUT2D eigenvalue weighted by Crippen LogP contribution is -2.14. The topological polar surface area (TPSA) is 112 Å². The van der Waals surface area contributed by atoms with Crippen LogP contribution in [0.3, 0.4) is 0 Å². The number of rotatable bonds is 8. The smallest absolute Gasteiger partial charge is 0.228 e. The third kappa shape index (κ3) is 6.17. The summed E-state index contributed by atoms with van der Waals surface area (Å²) in [6, 6.07) is 13.7. The summed E-state index contributed by atoms with van der Waals surface area (Å²) in [5.74, 6) is 1.91.